The Morgan fingerprint density at radius 1 is 0.964 bits per heavy atom. The number of ether oxygens (including phenoxy) is 6. The molecular formula is C19H20N2O7. The van der Waals surface area contributed by atoms with Crippen LogP contribution in [0.25, 0.3) is 0 Å². The molecule has 0 bridgehead atoms. The van der Waals surface area contributed by atoms with Crippen LogP contribution in [0.4, 0.5) is 0 Å². The van der Waals surface area contributed by atoms with E-state index in [2.05, 4.69) is 10.5 Å². The Labute approximate surface area is 161 Å². The summed E-state index contributed by atoms with van der Waals surface area (Å²) in [5.74, 6) is 2.32. The predicted molar refractivity (Wildman–Crippen MR) is 100 cm³/mol. The summed E-state index contributed by atoms with van der Waals surface area (Å²) in [7, 11) is 5.97. The number of amides is 1. The van der Waals surface area contributed by atoms with Crippen LogP contribution in [-0.4, -0.2) is 47.4 Å². The fraction of sp³-hybridized carbons (Fsp3) is 0.263. The van der Waals surface area contributed by atoms with Gasteiger partial charge >= 0.3 is 0 Å². The van der Waals surface area contributed by atoms with Crippen molar-refractivity contribution in [2.75, 3.05) is 35.2 Å². The maximum absolute atomic E-state index is 12.4. The van der Waals surface area contributed by atoms with Gasteiger partial charge in [0.2, 0.25) is 18.3 Å². The molecular weight excluding hydrogens is 368 g/mol. The van der Waals surface area contributed by atoms with Gasteiger partial charge < -0.3 is 28.4 Å². The van der Waals surface area contributed by atoms with E-state index in [1.54, 1.807) is 12.1 Å². The van der Waals surface area contributed by atoms with Crippen molar-refractivity contribution in [3.63, 3.8) is 0 Å². The van der Waals surface area contributed by atoms with Crippen molar-refractivity contribution in [3.8, 4) is 34.5 Å². The lowest BCUT2D eigenvalue weighted by atomic mass is 10.1. The van der Waals surface area contributed by atoms with E-state index in [-0.39, 0.29) is 6.79 Å². The summed E-state index contributed by atoms with van der Waals surface area (Å²) in [4.78, 5) is 12.4. The van der Waals surface area contributed by atoms with Crippen LogP contribution in [0, 0.1) is 0 Å². The normalized spacial score (nSPS) is 12.0. The molecule has 0 fully saturated rings. The maximum atomic E-state index is 12.4. The minimum atomic E-state index is -0.441. The Bertz CT molecular complexity index is 886. The van der Waals surface area contributed by atoms with Crippen LogP contribution in [0.5, 0.6) is 34.5 Å². The van der Waals surface area contributed by atoms with Crippen LogP contribution < -0.4 is 33.8 Å². The summed E-state index contributed by atoms with van der Waals surface area (Å²) in [5.41, 5.74) is 3.43. The Morgan fingerprint density at radius 3 is 2.25 bits per heavy atom. The van der Waals surface area contributed by atoms with Crippen molar-refractivity contribution < 1.29 is 33.2 Å². The number of fused-ring (bicyclic) bond motifs is 1. The summed E-state index contributed by atoms with van der Waals surface area (Å²) in [5, 5.41) is 3.98. The Morgan fingerprint density at radius 2 is 1.64 bits per heavy atom. The van der Waals surface area contributed by atoms with Crippen molar-refractivity contribution in [1.29, 1.82) is 0 Å². The molecule has 1 amide bonds. The number of hydrogen-bond acceptors (Lipinski definition) is 8. The molecule has 0 aliphatic carbocycles. The van der Waals surface area contributed by atoms with E-state index in [1.165, 1.54) is 46.8 Å². The summed E-state index contributed by atoms with van der Waals surface area (Å²) in [6.45, 7) is 0.129. The highest BCUT2D eigenvalue weighted by atomic mass is 16.7. The van der Waals surface area contributed by atoms with E-state index in [9.17, 15) is 4.79 Å². The number of carbonyl (C=O) groups excluding carboxylic acids is 1. The summed E-state index contributed by atoms with van der Waals surface area (Å²) < 4.78 is 31.7. The molecule has 9 nitrogen and oxygen atoms in total. The first kappa shape index (κ1) is 19.2. The molecule has 2 aromatic rings. The first-order valence-corrected chi connectivity index (χ1v) is 8.22. The lowest BCUT2D eigenvalue weighted by Gasteiger charge is -2.13. The number of methoxy groups -OCH3 is 4. The van der Waals surface area contributed by atoms with Crippen LogP contribution in [0.3, 0.4) is 0 Å². The molecule has 1 aliphatic heterocycles. The fourth-order valence-corrected chi connectivity index (χ4v) is 2.67. The van der Waals surface area contributed by atoms with Gasteiger partial charge in [-0.1, -0.05) is 0 Å². The second kappa shape index (κ2) is 8.38. The molecule has 0 radical (unpaired) electrons. The number of nitrogens with zero attached hydrogens (tertiary/aromatic N) is 1. The van der Waals surface area contributed by atoms with Gasteiger partial charge in [-0.2, -0.15) is 5.10 Å². The smallest absolute Gasteiger partial charge is 0.271 e. The van der Waals surface area contributed by atoms with E-state index in [0.717, 1.165) is 0 Å². The highest BCUT2D eigenvalue weighted by Gasteiger charge is 2.20. The van der Waals surface area contributed by atoms with E-state index >= 15 is 0 Å². The van der Waals surface area contributed by atoms with Gasteiger partial charge in [-0.05, 0) is 24.3 Å². The fourth-order valence-electron chi connectivity index (χ4n) is 2.67. The van der Waals surface area contributed by atoms with Crippen molar-refractivity contribution >= 4 is 12.1 Å². The molecule has 0 spiro atoms. The zero-order valence-corrected chi connectivity index (χ0v) is 15.9. The van der Waals surface area contributed by atoms with Gasteiger partial charge in [-0.25, -0.2) is 5.43 Å². The highest BCUT2D eigenvalue weighted by molar-refractivity contribution is 5.96. The average Bonchev–Trinajstić information content (AvgIpc) is 3.20. The molecule has 1 heterocycles. The van der Waals surface area contributed by atoms with Gasteiger partial charge in [-0.15, -0.1) is 0 Å². The number of hydrazone groups is 1. The lowest BCUT2D eigenvalue weighted by Crippen LogP contribution is -2.18. The summed E-state index contributed by atoms with van der Waals surface area (Å²) in [6.07, 6.45) is 1.47. The summed E-state index contributed by atoms with van der Waals surface area (Å²) >= 11 is 0. The van der Waals surface area contributed by atoms with Gasteiger partial charge in [0.25, 0.3) is 5.91 Å². The third kappa shape index (κ3) is 3.73. The number of rotatable bonds is 7. The second-order valence-corrected chi connectivity index (χ2v) is 5.57. The minimum absolute atomic E-state index is 0.129. The van der Waals surface area contributed by atoms with E-state index in [4.69, 9.17) is 28.4 Å². The number of carbonyl (C=O) groups is 1. The van der Waals surface area contributed by atoms with E-state index in [1.807, 2.05) is 0 Å². The Kier molecular flexibility index (Phi) is 5.73. The van der Waals surface area contributed by atoms with Crippen molar-refractivity contribution in [3.05, 3.63) is 35.4 Å². The van der Waals surface area contributed by atoms with Gasteiger partial charge in [0.15, 0.2) is 23.0 Å². The van der Waals surface area contributed by atoms with Crippen molar-refractivity contribution in [1.82, 2.24) is 5.43 Å². The minimum Gasteiger partial charge on any atom is -0.493 e. The number of hydrogen-bond donors (Lipinski definition) is 1. The van der Waals surface area contributed by atoms with E-state index < -0.39 is 5.91 Å². The van der Waals surface area contributed by atoms with Crippen molar-refractivity contribution in [2.45, 2.75) is 0 Å². The lowest BCUT2D eigenvalue weighted by molar-refractivity contribution is 0.0954. The highest BCUT2D eigenvalue weighted by Crippen LogP contribution is 2.41. The molecule has 1 N–H and O–H groups in total. The third-order valence-corrected chi connectivity index (χ3v) is 3.99. The Hall–Kier alpha value is -3.62. The largest absolute Gasteiger partial charge is 0.493 e. The predicted octanol–water partition coefficient (Wildman–Crippen LogP) is 2.21. The van der Waals surface area contributed by atoms with Gasteiger partial charge in [-0.3, -0.25) is 4.79 Å². The molecule has 2 aromatic carbocycles. The third-order valence-electron chi connectivity index (χ3n) is 3.99. The molecule has 0 saturated carbocycles. The molecule has 3 rings (SSSR count). The molecule has 148 valence electrons. The molecule has 0 unspecified atom stereocenters. The van der Waals surface area contributed by atoms with Crippen LogP contribution in [0.2, 0.25) is 0 Å². The molecule has 0 atom stereocenters. The summed E-state index contributed by atoms with van der Waals surface area (Å²) in [6, 6.07) is 6.54. The Balaban J connectivity index is 1.77. The van der Waals surface area contributed by atoms with Crippen LogP contribution in [-0.2, 0) is 0 Å². The van der Waals surface area contributed by atoms with Gasteiger partial charge in [0.1, 0.15) is 0 Å². The second-order valence-electron chi connectivity index (χ2n) is 5.57. The number of nitrogens with one attached hydrogen (secondary N) is 1. The standard InChI is InChI=1S/C19H20N2O7/c1-23-13-5-11(6-16-18(13)28-10-27-16)9-20-21-19(22)12-7-14(24-2)17(26-4)15(8-12)25-3/h5-9H,10H2,1-4H3,(H,21,22)/b20-9-. The van der Waals surface area contributed by atoms with Crippen LogP contribution in [0.1, 0.15) is 15.9 Å². The zero-order chi connectivity index (χ0) is 20.1. The molecule has 1 aliphatic rings. The molecule has 9 heteroatoms. The monoisotopic (exact) mass is 388 g/mol. The van der Waals surface area contributed by atoms with Crippen LogP contribution in [0.15, 0.2) is 29.4 Å². The first-order valence-electron chi connectivity index (χ1n) is 8.22. The van der Waals surface area contributed by atoms with Crippen LogP contribution >= 0.6 is 0 Å². The van der Waals surface area contributed by atoms with Crippen molar-refractivity contribution in [2.24, 2.45) is 5.10 Å². The average molecular weight is 388 g/mol. The zero-order valence-electron chi connectivity index (χ0n) is 15.9. The maximum Gasteiger partial charge on any atom is 0.271 e. The van der Waals surface area contributed by atoms with Gasteiger partial charge in [0, 0.05) is 11.1 Å². The number of benzene rings is 2. The molecule has 28 heavy (non-hydrogen) atoms. The van der Waals surface area contributed by atoms with Gasteiger partial charge in [0.05, 0.1) is 34.7 Å². The first-order chi connectivity index (χ1) is 13.6. The molecule has 0 saturated heterocycles. The quantitative estimate of drug-likeness (QED) is 0.574. The SMILES string of the molecule is COc1cc(C(=O)N/N=C\c2cc(OC)c3c(c2)OCO3)cc(OC)c1OC. The molecule has 0 aromatic heterocycles. The van der Waals surface area contributed by atoms with E-state index in [0.29, 0.717) is 45.6 Å². The topological polar surface area (TPSA) is 96.8 Å².